The van der Waals surface area contributed by atoms with Crippen LogP contribution in [0.3, 0.4) is 0 Å². The third-order valence-corrected chi connectivity index (χ3v) is 1.65. The van der Waals surface area contributed by atoms with Crippen molar-refractivity contribution in [2.24, 2.45) is 0 Å². The van der Waals surface area contributed by atoms with Crippen molar-refractivity contribution in [3.05, 3.63) is 29.3 Å². The number of hydrogen-bond donors (Lipinski definition) is 1. The van der Waals surface area contributed by atoms with Crippen molar-refractivity contribution in [3.63, 3.8) is 0 Å². The second-order valence-corrected chi connectivity index (χ2v) is 2.63. The summed E-state index contributed by atoms with van der Waals surface area (Å²) in [5.41, 5.74) is -0.472. The number of aromatic hydroxyl groups is 1. The van der Waals surface area contributed by atoms with Crippen molar-refractivity contribution in [1.82, 2.24) is 0 Å². The highest BCUT2D eigenvalue weighted by Gasteiger charge is 2.15. The number of carbonyl (C=O) groups is 1. The Morgan fingerprint density at radius 3 is 2.54 bits per heavy atom. The lowest BCUT2D eigenvalue weighted by atomic mass is 10.0. The van der Waals surface area contributed by atoms with Crippen molar-refractivity contribution < 1.29 is 18.7 Å². The normalized spacial score (nSPS) is 10.5. The number of hydrogen-bond acceptors (Lipinski definition) is 2. The van der Waals surface area contributed by atoms with Crippen LogP contribution in [0.5, 0.6) is 5.75 Å². The zero-order chi connectivity index (χ0) is 10.0. The molecule has 13 heavy (non-hydrogen) atoms. The maximum absolute atomic E-state index is 12.3. The summed E-state index contributed by atoms with van der Waals surface area (Å²) in [4.78, 5) is 10.9. The van der Waals surface area contributed by atoms with Gasteiger partial charge in [0.15, 0.2) is 5.78 Å². The summed E-state index contributed by atoms with van der Waals surface area (Å²) >= 11 is 0. The largest absolute Gasteiger partial charge is 0.508 e. The van der Waals surface area contributed by atoms with Crippen molar-refractivity contribution in [2.45, 2.75) is 13.3 Å². The van der Waals surface area contributed by atoms with Gasteiger partial charge in [-0.2, -0.15) is 0 Å². The van der Waals surface area contributed by atoms with Gasteiger partial charge in [0.1, 0.15) is 5.75 Å². The van der Waals surface area contributed by atoms with Gasteiger partial charge in [0.25, 0.3) is 6.43 Å². The standard InChI is InChI=1S/C9H8F2O2/c1-5(12)7-3-2-6(13)4-8(7)9(10)11/h2-4,9,13H,1H3. The number of Topliss-reactive ketones (excluding diaryl/α,β-unsaturated/α-hetero) is 1. The smallest absolute Gasteiger partial charge is 0.264 e. The first-order valence-corrected chi connectivity index (χ1v) is 3.64. The third-order valence-electron chi connectivity index (χ3n) is 1.65. The molecule has 70 valence electrons. The first kappa shape index (κ1) is 9.64. The molecule has 0 fully saturated rings. The molecule has 0 amide bonds. The Hall–Kier alpha value is -1.45. The lowest BCUT2D eigenvalue weighted by molar-refractivity contribution is 0.0999. The predicted molar refractivity (Wildman–Crippen MR) is 43.1 cm³/mol. The zero-order valence-electron chi connectivity index (χ0n) is 6.92. The highest BCUT2D eigenvalue weighted by Crippen LogP contribution is 2.26. The maximum atomic E-state index is 12.3. The van der Waals surface area contributed by atoms with Crippen LogP contribution in [0.4, 0.5) is 8.78 Å². The maximum Gasteiger partial charge on any atom is 0.264 e. The molecule has 0 spiro atoms. The third kappa shape index (κ3) is 2.02. The van der Waals surface area contributed by atoms with E-state index in [2.05, 4.69) is 0 Å². The highest BCUT2D eigenvalue weighted by molar-refractivity contribution is 5.95. The molecule has 0 radical (unpaired) electrons. The van der Waals surface area contributed by atoms with Gasteiger partial charge in [-0.15, -0.1) is 0 Å². The van der Waals surface area contributed by atoms with Crippen molar-refractivity contribution in [1.29, 1.82) is 0 Å². The summed E-state index contributed by atoms with van der Waals surface area (Å²) in [6.45, 7) is 1.21. The van der Waals surface area contributed by atoms with E-state index >= 15 is 0 Å². The molecule has 0 bridgehead atoms. The lowest BCUT2D eigenvalue weighted by Crippen LogP contribution is -1.99. The van der Waals surface area contributed by atoms with E-state index in [1.165, 1.54) is 19.1 Å². The van der Waals surface area contributed by atoms with Gasteiger partial charge in [0.2, 0.25) is 0 Å². The van der Waals surface area contributed by atoms with Gasteiger partial charge in [0.05, 0.1) is 0 Å². The van der Waals surface area contributed by atoms with E-state index < -0.39 is 17.8 Å². The van der Waals surface area contributed by atoms with Crippen LogP contribution in [0.15, 0.2) is 18.2 Å². The molecule has 0 atom stereocenters. The van der Waals surface area contributed by atoms with Gasteiger partial charge in [-0.05, 0) is 25.1 Å². The molecule has 1 aromatic carbocycles. The van der Waals surface area contributed by atoms with Gasteiger partial charge in [-0.25, -0.2) is 8.78 Å². The molecular weight excluding hydrogens is 178 g/mol. The molecule has 1 N–H and O–H groups in total. The number of carbonyl (C=O) groups excluding carboxylic acids is 1. The summed E-state index contributed by atoms with van der Waals surface area (Å²) in [5, 5.41) is 8.92. The monoisotopic (exact) mass is 186 g/mol. The first-order chi connectivity index (χ1) is 6.02. The van der Waals surface area contributed by atoms with Crippen LogP contribution in [-0.2, 0) is 0 Å². The van der Waals surface area contributed by atoms with Crippen molar-refractivity contribution >= 4 is 5.78 Å². The molecule has 2 nitrogen and oxygen atoms in total. The predicted octanol–water partition coefficient (Wildman–Crippen LogP) is 2.53. The number of ketones is 1. The molecular formula is C9H8F2O2. The molecule has 4 heteroatoms. The first-order valence-electron chi connectivity index (χ1n) is 3.64. The average molecular weight is 186 g/mol. The number of phenols is 1. The Balaban J connectivity index is 3.26. The molecule has 0 aromatic heterocycles. The van der Waals surface area contributed by atoms with Crippen LogP contribution in [0.25, 0.3) is 0 Å². The molecule has 0 saturated heterocycles. The molecule has 1 rings (SSSR count). The van der Waals surface area contributed by atoms with Crippen LogP contribution >= 0.6 is 0 Å². The van der Waals surface area contributed by atoms with Gasteiger partial charge < -0.3 is 5.11 Å². The number of benzene rings is 1. The van der Waals surface area contributed by atoms with Gasteiger partial charge >= 0.3 is 0 Å². The van der Waals surface area contributed by atoms with E-state index in [0.29, 0.717) is 0 Å². The Labute approximate surface area is 73.8 Å². The minimum Gasteiger partial charge on any atom is -0.508 e. The molecule has 1 aromatic rings. The Bertz CT molecular complexity index is 334. The van der Waals surface area contributed by atoms with Crippen molar-refractivity contribution in [2.75, 3.05) is 0 Å². The molecule has 0 aliphatic carbocycles. The quantitative estimate of drug-likeness (QED) is 0.720. The summed E-state index contributed by atoms with van der Waals surface area (Å²) < 4.78 is 24.6. The van der Waals surface area contributed by atoms with Crippen LogP contribution < -0.4 is 0 Å². The van der Waals surface area contributed by atoms with E-state index in [-0.39, 0.29) is 11.3 Å². The van der Waals surface area contributed by atoms with Gasteiger partial charge in [-0.1, -0.05) is 0 Å². The van der Waals surface area contributed by atoms with Crippen LogP contribution in [0.1, 0.15) is 29.3 Å². The number of alkyl halides is 2. The fraction of sp³-hybridized carbons (Fsp3) is 0.222. The summed E-state index contributed by atoms with van der Waals surface area (Å²) in [6.07, 6.45) is -2.74. The van der Waals surface area contributed by atoms with E-state index in [9.17, 15) is 13.6 Å². The van der Waals surface area contributed by atoms with E-state index in [1.54, 1.807) is 0 Å². The Morgan fingerprint density at radius 1 is 1.46 bits per heavy atom. The molecule has 0 aliphatic rings. The summed E-state index contributed by atoms with van der Waals surface area (Å²) in [5.74, 6) is -0.699. The lowest BCUT2D eigenvalue weighted by Gasteiger charge is -2.05. The minimum atomic E-state index is -2.74. The van der Waals surface area contributed by atoms with Crippen molar-refractivity contribution in [3.8, 4) is 5.75 Å². The second-order valence-electron chi connectivity index (χ2n) is 2.63. The molecule has 0 unspecified atom stereocenters. The second kappa shape index (κ2) is 3.51. The molecule has 0 aliphatic heterocycles. The van der Waals surface area contributed by atoms with Crippen LogP contribution in [-0.4, -0.2) is 10.9 Å². The fourth-order valence-corrected chi connectivity index (χ4v) is 1.05. The average Bonchev–Trinajstić information content (AvgIpc) is 2.03. The van der Waals surface area contributed by atoms with E-state index in [4.69, 9.17) is 5.11 Å². The molecule has 0 saturated carbocycles. The van der Waals surface area contributed by atoms with Gasteiger partial charge in [0, 0.05) is 11.1 Å². The summed E-state index contributed by atoms with van der Waals surface area (Å²) in [7, 11) is 0. The number of phenolic OH excluding ortho intramolecular Hbond substituents is 1. The zero-order valence-corrected chi connectivity index (χ0v) is 6.92. The topological polar surface area (TPSA) is 37.3 Å². The highest BCUT2D eigenvalue weighted by atomic mass is 19.3. The van der Waals surface area contributed by atoms with E-state index in [1.807, 2.05) is 0 Å². The van der Waals surface area contributed by atoms with Crippen LogP contribution in [0, 0.1) is 0 Å². The fourth-order valence-electron chi connectivity index (χ4n) is 1.05. The number of rotatable bonds is 2. The Morgan fingerprint density at radius 2 is 2.08 bits per heavy atom. The minimum absolute atomic E-state index is 0.0483. The molecule has 0 heterocycles. The Kier molecular flexibility index (Phi) is 2.60. The number of halogens is 2. The summed E-state index contributed by atoms with van der Waals surface area (Å²) in [6, 6.07) is 3.31. The SMILES string of the molecule is CC(=O)c1ccc(O)cc1C(F)F. The van der Waals surface area contributed by atoms with Crippen LogP contribution in [0.2, 0.25) is 0 Å². The van der Waals surface area contributed by atoms with Gasteiger partial charge in [-0.3, -0.25) is 4.79 Å². The van der Waals surface area contributed by atoms with E-state index in [0.717, 1.165) is 6.07 Å².